The Kier molecular flexibility index (Phi) is 5.01. The highest BCUT2D eigenvalue weighted by atomic mass is 35.5. The van der Waals surface area contributed by atoms with E-state index in [2.05, 4.69) is 24.8 Å². The van der Waals surface area contributed by atoms with Crippen molar-refractivity contribution in [3.8, 4) is 0 Å². The molecule has 8 nitrogen and oxygen atoms in total. The van der Waals surface area contributed by atoms with Crippen LogP contribution in [0, 0.1) is 0 Å². The number of fused-ring (bicyclic) bond motifs is 1. The predicted molar refractivity (Wildman–Crippen MR) is 112 cm³/mol. The van der Waals surface area contributed by atoms with Crippen LogP contribution in [0.15, 0.2) is 54.6 Å². The Hall–Kier alpha value is -3.65. The number of imidazole rings is 1. The maximum absolute atomic E-state index is 12.6. The zero-order chi connectivity index (χ0) is 20.4. The average molecular weight is 408 g/mol. The zero-order valence-corrected chi connectivity index (χ0v) is 16.1. The molecule has 146 valence electrons. The van der Waals surface area contributed by atoms with Crippen molar-refractivity contribution in [2.45, 2.75) is 13.1 Å². The van der Waals surface area contributed by atoms with Crippen LogP contribution in [-0.4, -0.2) is 25.4 Å². The number of hydrogen-bond acceptors (Lipinski definition) is 6. The normalized spacial score (nSPS) is 10.9. The number of nitrogens with one attached hydrogen (secondary N) is 1. The van der Waals surface area contributed by atoms with Crippen molar-refractivity contribution in [2.24, 2.45) is 0 Å². The van der Waals surface area contributed by atoms with Crippen molar-refractivity contribution in [3.63, 3.8) is 0 Å². The van der Waals surface area contributed by atoms with E-state index in [1.807, 2.05) is 54.6 Å². The Morgan fingerprint density at radius 2 is 1.69 bits per heavy atom. The minimum atomic E-state index is -0.504. The van der Waals surface area contributed by atoms with Crippen molar-refractivity contribution in [1.29, 1.82) is 0 Å². The molecule has 0 atom stereocenters. The molecule has 2 aromatic carbocycles. The number of benzene rings is 2. The molecule has 0 fully saturated rings. The van der Waals surface area contributed by atoms with Gasteiger partial charge >= 0.3 is 0 Å². The number of para-hydroxylation sites is 2. The lowest BCUT2D eigenvalue weighted by molar-refractivity contribution is 0.0945. The highest BCUT2D eigenvalue weighted by Crippen LogP contribution is 2.19. The Labute approximate surface area is 171 Å². The van der Waals surface area contributed by atoms with E-state index in [1.165, 1.54) is 0 Å². The number of hydrogen-bond donors (Lipinski definition) is 3. The van der Waals surface area contributed by atoms with Gasteiger partial charge in [0.15, 0.2) is 22.5 Å². The molecular formula is C20H18ClN7O. The first-order valence-corrected chi connectivity index (χ1v) is 9.25. The minimum Gasteiger partial charge on any atom is -0.382 e. The number of nitrogen functional groups attached to an aromatic ring is 2. The van der Waals surface area contributed by atoms with E-state index in [0.717, 1.165) is 16.6 Å². The summed E-state index contributed by atoms with van der Waals surface area (Å²) < 4.78 is 2.07. The summed E-state index contributed by atoms with van der Waals surface area (Å²) in [7, 11) is 0. The lowest BCUT2D eigenvalue weighted by Crippen LogP contribution is -2.27. The molecule has 4 aromatic rings. The average Bonchev–Trinajstić information content (AvgIpc) is 3.07. The van der Waals surface area contributed by atoms with Gasteiger partial charge in [0.2, 0.25) is 0 Å². The predicted octanol–water partition coefficient (Wildman–Crippen LogP) is 2.62. The molecule has 5 N–H and O–H groups in total. The van der Waals surface area contributed by atoms with Gasteiger partial charge in [0, 0.05) is 6.54 Å². The fourth-order valence-corrected chi connectivity index (χ4v) is 3.18. The molecule has 9 heteroatoms. The van der Waals surface area contributed by atoms with Crippen LogP contribution < -0.4 is 16.8 Å². The molecule has 2 aromatic heterocycles. The number of aromatic nitrogens is 4. The summed E-state index contributed by atoms with van der Waals surface area (Å²) in [5.74, 6) is 0.0965. The van der Waals surface area contributed by atoms with Gasteiger partial charge in [0.05, 0.1) is 17.6 Å². The first-order valence-electron chi connectivity index (χ1n) is 8.87. The Morgan fingerprint density at radius 1 is 0.966 bits per heavy atom. The van der Waals surface area contributed by atoms with Crippen molar-refractivity contribution in [2.75, 3.05) is 11.5 Å². The Bertz CT molecular complexity index is 1190. The summed E-state index contributed by atoms with van der Waals surface area (Å²) in [5.41, 5.74) is 14.2. The van der Waals surface area contributed by atoms with Gasteiger partial charge in [-0.1, -0.05) is 54.1 Å². The van der Waals surface area contributed by atoms with Gasteiger partial charge in [0.1, 0.15) is 5.82 Å². The first kappa shape index (κ1) is 18.7. The molecule has 0 bridgehead atoms. The molecule has 0 saturated heterocycles. The number of carbonyl (C=O) groups excluding carboxylic acids is 1. The summed E-state index contributed by atoms with van der Waals surface area (Å²) in [5, 5.41) is 2.72. The first-order chi connectivity index (χ1) is 14.0. The van der Waals surface area contributed by atoms with Gasteiger partial charge in [-0.25, -0.2) is 15.0 Å². The van der Waals surface area contributed by atoms with E-state index >= 15 is 0 Å². The minimum absolute atomic E-state index is 0.0228. The third-order valence-corrected chi connectivity index (χ3v) is 4.72. The number of rotatable bonds is 5. The van der Waals surface area contributed by atoms with Crippen LogP contribution >= 0.6 is 11.6 Å². The summed E-state index contributed by atoms with van der Waals surface area (Å²) in [6.45, 7) is 0.811. The smallest absolute Gasteiger partial charge is 0.274 e. The van der Waals surface area contributed by atoms with Crippen LogP contribution in [0.1, 0.15) is 21.9 Å². The quantitative estimate of drug-likeness (QED) is 0.467. The van der Waals surface area contributed by atoms with Gasteiger partial charge in [-0.05, 0) is 17.7 Å². The fraction of sp³-hybridized carbons (Fsp3) is 0.100. The molecule has 4 rings (SSSR count). The van der Waals surface area contributed by atoms with Crippen LogP contribution in [0.3, 0.4) is 0 Å². The van der Waals surface area contributed by atoms with Crippen LogP contribution in [0.25, 0.3) is 11.0 Å². The summed E-state index contributed by atoms with van der Waals surface area (Å²) in [4.78, 5) is 25.0. The van der Waals surface area contributed by atoms with Gasteiger partial charge in [-0.3, -0.25) is 4.79 Å². The topological polar surface area (TPSA) is 125 Å². The molecule has 0 saturated carbocycles. The molecule has 0 aliphatic heterocycles. The number of anilines is 2. The van der Waals surface area contributed by atoms with Gasteiger partial charge in [-0.15, -0.1) is 0 Å². The molecule has 0 spiro atoms. The van der Waals surface area contributed by atoms with E-state index < -0.39 is 5.91 Å². The standard InChI is InChI=1S/C20H18ClN7O/c21-17-19(23)27-18(22)16(26-17)20(29)24-10-15-25-13-8-4-5-9-14(13)28(15)11-12-6-2-1-3-7-12/h1-9H,10-11H2,(H,24,29)(H4,22,23,27). The lowest BCUT2D eigenvalue weighted by atomic mass is 10.2. The third kappa shape index (κ3) is 3.83. The van der Waals surface area contributed by atoms with Gasteiger partial charge in [-0.2, -0.15) is 0 Å². The number of amides is 1. The SMILES string of the molecule is Nc1nc(N)c(C(=O)NCc2nc3ccccc3n2Cc2ccccc2)nc1Cl. The van der Waals surface area contributed by atoms with Crippen molar-refractivity contribution in [3.05, 3.63) is 76.8 Å². The van der Waals surface area contributed by atoms with Crippen LogP contribution in [0.2, 0.25) is 5.15 Å². The summed E-state index contributed by atoms with van der Waals surface area (Å²) in [6, 6.07) is 17.9. The molecule has 2 heterocycles. The second-order valence-corrected chi connectivity index (χ2v) is 6.76. The van der Waals surface area contributed by atoms with Crippen LogP contribution in [0.5, 0.6) is 0 Å². The Morgan fingerprint density at radius 3 is 2.48 bits per heavy atom. The molecule has 0 aliphatic carbocycles. The van der Waals surface area contributed by atoms with Crippen molar-refractivity contribution >= 4 is 40.2 Å². The Balaban J connectivity index is 1.62. The van der Waals surface area contributed by atoms with Gasteiger partial charge < -0.3 is 21.4 Å². The number of carbonyl (C=O) groups is 1. The second kappa shape index (κ2) is 7.76. The third-order valence-electron chi connectivity index (χ3n) is 4.44. The molecular weight excluding hydrogens is 390 g/mol. The van der Waals surface area contributed by atoms with Crippen LogP contribution in [0.4, 0.5) is 11.6 Å². The van der Waals surface area contributed by atoms with E-state index in [9.17, 15) is 4.79 Å². The van der Waals surface area contributed by atoms with E-state index in [-0.39, 0.29) is 29.0 Å². The molecule has 0 unspecified atom stereocenters. The second-order valence-electron chi connectivity index (χ2n) is 6.40. The molecule has 1 amide bonds. The van der Waals surface area contributed by atoms with Crippen molar-refractivity contribution < 1.29 is 4.79 Å². The molecule has 29 heavy (non-hydrogen) atoms. The highest BCUT2D eigenvalue weighted by Gasteiger charge is 2.17. The number of nitrogens with two attached hydrogens (primary N) is 2. The number of halogens is 1. The maximum atomic E-state index is 12.6. The van der Waals surface area contributed by atoms with Gasteiger partial charge in [0.25, 0.3) is 5.91 Å². The summed E-state index contributed by atoms with van der Waals surface area (Å²) in [6.07, 6.45) is 0. The lowest BCUT2D eigenvalue weighted by Gasteiger charge is -2.11. The molecule has 0 radical (unpaired) electrons. The summed E-state index contributed by atoms with van der Waals surface area (Å²) >= 11 is 5.87. The highest BCUT2D eigenvalue weighted by molar-refractivity contribution is 6.31. The van der Waals surface area contributed by atoms with Crippen molar-refractivity contribution in [1.82, 2.24) is 24.8 Å². The number of nitrogens with zero attached hydrogens (tertiary/aromatic N) is 4. The largest absolute Gasteiger partial charge is 0.382 e. The fourth-order valence-electron chi connectivity index (χ4n) is 3.05. The van der Waals surface area contributed by atoms with Crippen LogP contribution in [-0.2, 0) is 13.1 Å². The molecule has 0 aliphatic rings. The monoisotopic (exact) mass is 407 g/mol. The van der Waals surface area contributed by atoms with E-state index in [0.29, 0.717) is 12.4 Å². The van der Waals surface area contributed by atoms with E-state index in [1.54, 1.807) is 0 Å². The maximum Gasteiger partial charge on any atom is 0.274 e. The zero-order valence-electron chi connectivity index (χ0n) is 15.3. The van der Waals surface area contributed by atoms with E-state index in [4.69, 9.17) is 23.1 Å².